The van der Waals surface area contributed by atoms with Gasteiger partial charge in [-0.1, -0.05) is 0 Å². The van der Waals surface area contributed by atoms with Crippen LogP contribution in [0.3, 0.4) is 0 Å². The molecule has 0 spiro atoms. The van der Waals surface area contributed by atoms with E-state index in [-0.39, 0.29) is 13.4 Å². The number of carbonyl (C=O) groups excluding carboxylic acids is 2. The minimum absolute atomic E-state index is 0. The first-order valence-corrected chi connectivity index (χ1v) is 2.75. The first-order valence-electron chi connectivity index (χ1n) is 2.75. The zero-order valence-electron chi connectivity index (χ0n) is 5.18. The number of amides is 3. The van der Waals surface area contributed by atoms with Crippen LogP contribution in [0, 0.1) is 0 Å². The number of nitrogens with zero attached hydrogens (tertiary/aromatic N) is 1. The Balaban J connectivity index is 0.000000810. The molecule has 1 aliphatic heterocycles. The van der Waals surface area contributed by atoms with Gasteiger partial charge in [0.15, 0.2) is 0 Å². The highest BCUT2D eigenvalue weighted by Gasteiger charge is 2.18. The molecule has 0 aromatic rings. The molecule has 9 heavy (non-hydrogen) atoms. The van der Waals surface area contributed by atoms with E-state index in [1.165, 1.54) is 4.90 Å². The summed E-state index contributed by atoms with van der Waals surface area (Å²) in [7, 11) is 1.65. The molecule has 0 saturated carbocycles. The van der Waals surface area contributed by atoms with Crippen molar-refractivity contribution in [3.8, 4) is 0 Å². The SMILES string of the molecule is CN1CCC(=O)NC1=O.[HH]. The number of carbonyl (C=O) groups is 2. The third-order valence-corrected chi connectivity index (χ3v) is 1.27. The van der Waals surface area contributed by atoms with Crippen molar-refractivity contribution in [1.82, 2.24) is 10.2 Å². The van der Waals surface area contributed by atoms with E-state index in [4.69, 9.17) is 0 Å². The lowest BCUT2D eigenvalue weighted by atomic mass is 10.3. The highest BCUT2D eigenvalue weighted by Crippen LogP contribution is 1.94. The fourth-order valence-corrected chi connectivity index (χ4v) is 0.648. The second-order valence-corrected chi connectivity index (χ2v) is 2.02. The lowest BCUT2D eigenvalue weighted by Gasteiger charge is -2.21. The molecule has 0 unspecified atom stereocenters. The molecule has 0 aromatic carbocycles. The molecule has 0 aromatic heterocycles. The topological polar surface area (TPSA) is 49.4 Å². The lowest BCUT2D eigenvalue weighted by molar-refractivity contribution is -0.121. The first-order chi connectivity index (χ1) is 4.20. The van der Waals surface area contributed by atoms with E-state index in [9.17, 15) is 9.59 Å². The Hall–Kier alpha value is -1.06. The van der Waals surface area contributed by atoms with Gasteiger partial charge in [-0.15, -0.1) is 0 Å². The second kappa shape index (κ2) is 2.05. The van der Waals surface area contributed by atoms with Crippen molar-refractivity contribution in [2.75, 3.05) is 13.6 Å². The van der Waals surface area contributed by atoms with Crippen LogP contribution in [0.5, 0.6) is 0 Å². The van der Waals surface area contributed by atoms with Gasteiger partial charge < -0.3 is 4.90 Å². The highest BCUT2D eigenvalue weighted by atomic mass is 16.2. The third-order valence-electron chi connectivity index (χ3n) is 1.27. The van der Waals surface area contributed by atoms with Gasteiger partial charge >= 0.3 is 6.03 Å². The maximum absolute atomic E-state index is 10.6. The second-order valence-electron chi connectivity index (χ2n) is 2.02. The van der Waals surface area contributed by atoms with E-state index in [2.05, 4.69) is 5.32 Å². The Morgan fingerprint density at radius 3 is 2.78 bits per heavy atom. The zero-order valence-corrected chi connectivity index (χ0v) is 5.18. The molecule has 0 bridgehead atoms. The first kappa shape index (κ1) is 6.07. The molecule has 4 nitrogen and oxygen atoms in total. The van der Waals surface area contributed by atoms with E-state index < -0.39 is 0 Å². The Morgan fingerprint density at radius 2 is 2.33 bits per heavy atom. The predicted octanol–water partition coefficient (Wildman–Crippen LogP) is -0.196. The van der Waals surface area contributed by atoms with Crippen molar-refractivity contribution >= 4 is 11.9 Å². The summed E-state index contributed by atoms with van der Waals surface area (Å²) in [6.45, 7) is 0.532. The van der Waals surface area contributed by atoms with Crippen molar-refractivity contribution in [2.24, 2.45) is 0 Å². The quantitative estimate of drug-likeness (QED) is 0.494. The van der Waals surface area contributed by atoms with Crippen molar-refractivity contribution in [3.63, 3.8) is 0 Å². The van der Waals surface area contributed by atoms with Crippen LogP contribution in [0.15, 0.2) is 0 Å². The minimum atomic E-state index is -0.300. The molecular formula is C5H10N2O2. The van der Waals surface area contributed by atoms with Crippen LogP contribution < -0.4 is 5.32 Å². The average Bonchev–Trinajstić information content (AvgIpc) is 1.80. The van der Waals surface area contributed by atoms with Crippen LogP contribution in [0.1, 0.15) is 7.85 Å². The van der Waals surface area contributed by atoms with Crippen molar-refractivity contribution in [1.29, 1.82) is 0 Å². The zero-order chi connectivity index (χ0) is 6.85. The van der Waals surface area contributed by atoms with Gasteiger partial charge in [0.25, 0.3) is 0 Å². The van der Waals surface area contributed by atoms with Crippen LogP contribution >= 0.6 is 0 Å². The van der Waals surface area contributed by atoms with E-state index >= 15 is 0 Å². The van der Waals surface area contributed by atoms with Crippen LogP contribution in [0.4, 0.5) is 4.79 Å². The fourth-order valence-electron chi connectivity index (χ4n) is 0.648. The summed E-state index contributed by atoms with van der Waals surface area (Å²) in [5.41, 5.74) is 0. The predicted molar refractivity (Wildman–Crippen MR) is 32.9 cm³/mol. The Kier molecular flexibility index (Phi) is 1.38. The molecule has 0 atom stereocenters. The Morgan fingerprint density at radius 1 is 1.67 bits per heavy atom. The minimum Gasteiger partial charge on any atom is -0.327 e. The van der Waals surface area contributed by atoms with Crippen LogP contribution in [0.2, 0.25) is 0 Å². The molecule has 0 aliphatic carbocycles. The van der Waals surface area contributed by atoms with Gasteiger partial charge in [-0.3, -0.25) is 10.1 Å². The largest absolute Gasteiger partial charge is 0.327 e. The molecule has 1 heterocycles. The fraction of sp³-hybridized carbons (Fsp3) is 0.600. The van der Waals surface area contributed by atoms with Gasteiger partial charge in [0, 0.05) is 21.4 Å². The summed E-state index contributed by atoms with van der Waals surface area (Å²) in [5.74, 6) is -0.182. The summed E-state index contributed by atoms with van der Waals surface area (Å²) >= 11 is 0. The molecule has 52 valence electrons. The number of hydrogen-bond acceptors (Lipinski definition) is 2. The van der Waals surface area contributed by atoms with Gasteiger partial charge in [0.2, 0.25) is 5.91 Å². The van der Waals surface area contributed by atoms with Gasteiger partial charge in [0.1, 0.15) is 0 Å². The summed E-state index contributed by atoms with van der Waals surface area (Å²) in [4.78, 5) is 22.5. The molecule has 4 heteroatoms. The summed E-state index contributed by atoms with van der Waals surface area (Å²) in [6, 6.07) is -0.300. The standard InChI is InChI=1S/C5H8N2O2.H2/c1-7-3-2-4(8)6-5(7)9;/h2-3H2,1H3,(H,6,8,9);1H. The van der Waals surface area contributed by atoms with Crippen LogP contribution in [0.25, 0.3) is 0 Å². The van der Waals surface area contributed by atoms with Crippen molar-refractivity contribution in [2.45, 2.75) is 6.42 Å². The van der Waals surface area contributed by atoms with Crippen LogP contribution in [-0.2, 0) is 4.79 Å². The maximum atomic E-state index is 10.6. The van der Waals surface area contributed by atoms with Crippen LogP contribution in [-0.4, -0.2) is 30.4 Å². The average molecular weight is 130 g/mol. The van der Waals surface area contributed by atoms with E-state index in [1.54, 1.807) is 7.05 Å². The highest BCUT2D eigenvalue weighted by molar-refractivity contribution is 5.96. The van der Waals surface area contributed by atoms with Gasteiger partial charge in [-0.2, -0.15) is 0 Å². The van der Waals surface area contributed by atoms with E-state index in [1.807, 2.05) is 0 Å². The monoisotopic (exact) mass is 130 g/mol. The number of hydrogen-bond donors (Lipinski definition) is 1. The van der Waals surface area contributed by atoms with Crippen molar-refractivity contribution < 1.29 is 11.0 Å². The third kappa shape index (κ3) is 1.19. The molecule has 1 N–H and O–H groups in total. The Labute approximate surface area is 54.3 Å². The molecular weight excluding hydrogens is 120 g/mol. The van der Waals surface area contributed by atoms with E-state index in [0.717, 1.165) is 0 Å². The normalized spacial score (nSPS) is 19.9. The smallest absolute Gasteiger partial charge is 0.323 e. The van der Waals surface area contributed by atoms with Gasteiger partial charge in [-0.05, 0) is 0 Å². The molecule has 3 amide bonds. The summed E-state index contributed by atoms with van der Waals surface area (Å²) in [5, 5.41) is 2.18. The Bertz CT molecular complexity index is 160. The molecule has 1 rings (SSSR count). The maximum Gasteiger partial charge on any atom is 0.323 e. The van der Waals surface area contributed by atoms with E-state index in [0.29, 0.717) is 13.0 Å². The summed E-state index contributed by atoms with van der Waals surface area (Å²) in [6.07, 6.45) is 0.419. The molecule has 1 fully saturated rings. The van der Waals surface area contributed by atoms with Gasteiger partial charge in [0.05, 0.1) is 0 Å². The lowest BCUT2D eigenvalue weighted by Crippen LogP contribution is -2.47. The molecule has 1 saturated heterocycles. The molecule has 1 aliphatic rings. The number of rotatable bonds is 0. The number of nitrogens with one attached hydrogen (secondary N) is 1. The van der Waals surface area contributed by atoms with Gasteiger partial charge in [-0.25, -0.2) is 4.79 Å². The number of imide groups is 1. The summed E-state index contributed by atoms with van der Waals surface area (Å²) < 4.78 is 0. The number of urea groups is 1. The van der Waals surface area contributed by atoms with Crippen molar-refractivity contribution in [3.05, 3.63) is 0 Å². The molecule has 0 radical (unpaired) electrons.